The van der Waals surface area contributed by atoms with Crippen LogP contribution in [0.2, 0.25) is 0 Å². The molecule has 2 heterocycles. The number of carboxylic acid groups (broad SMARTS) is 1. The number of thiophene rings is 1. The zero-order chi connectivity index (χ0) is 13.0. The Balaban J connectivity index is 1.96. The molecule has 0 radical (unpaired) electrons. The Morgan fingerprint density at radius 2 is 2.39 bits per heavy atom. The van der Waals surface area contributed by atoms with Gasteiger partial charge in [0.05, 0.1) is 6.61 Å². The predicted octanol–water partition coefficient (Wildman–Crippen LogP) is 2.77. The Morgan fingerprint density at radius 1 is 1.56 bits per heavy atom. The summed E-state index contributed by atoms with van der Waals surface area (Å²) in [5.41, 5.74) is 1.07. The maximum absolute atomic E-state index is 11.0. The molecule has 2 aromatic rings. The number of carboxylic acids is 1. The fraction of sp³-hybridized carbons (Fsp3) is 0.231. The van der Waals surface area contributed by atoms with Gasteiger partial charge < -0.3 is 9.84 Å². The van der Waals surface area contributed by atoms with Gasteiger partial charge in [-0.05, 0) is 24.6 Å². The van der Waals surface area contributed by atoms with E-state index >= 15 is 0 Å². The van der Waals surface area contributed by atoms with Crippen LogP contribution in [0.15, 0.2) is 30.6 Å². The van der Waals surface area contributed by atoms with Crippen LogP contribution in [0.4, 0.5) is 0 Å². The number of aromatic nitrogens is 1. The third-order valence-electron chi connectivity index (χ3n) is 2.39. The Kier molecular flexibility index (Phi) is 3.94. The van der Waals surface area contributed by atoms with Gasteiger partial charge in [-0.3, -0.25) is 4.98 Å². The molecule has 2 aromatic heterocycles. The lowest BCUT2D eigenvalue weighted by atomic mass is 10.2. The van der Waals surface area contributed by atoms with Gasteiger partial charge in [0, 0.05) is 23.7 Å². The van der Waals surface area contributed by atoms with E-state index < -0.39 is 5.97 Å². The number of hydrogen-bond donors (Lipinski definition) is 1. The lowest BCUT2D eigenvalue weighted by Crippen LogP contribution is -2.04. The van der Waals surface area contributed by atoms with E-state index in [9.17, 15) is 4.79 Å². The molecule has 0 unspecified atom stereocenters. The molecule has 18 heavy (non-hydrogen) atoms. The smallest absolute Gasteiger partial charge is 0.349 e. The minimum absolute atomic E-state index is 0.263. The molecule has 94 valence electrons. The molecular formula is C13H13NO3S. The van der Waals surface area contributed by atoms with E-state index in [1.165, 1.54) is 11.3 Å². The maximum atomic E-state index is 11.0. The largest absolute Gasteiger partial charge is 0.491 e. The summed E-state index contributed by atoms with van der Waals surface area (Å²) in [7, 11) is 0. The van der Waals surface area contributed by atoms with Crippen molar-refractivity contribution in [1.29, 1.82) is 0 Å². The van der Waals surface area contributed by atoms with E-state index in [0.29, 0.717) is 18.8 Å². The second kappa shape index (κ2) is 5.64. The molecule has 0 atom stereocenters. The van der Waals surface area contributed by atoms with Gasteiger partial charge in [0.1, 0.15) is 5.75 Å². The number of hydrogen-bond acceptors (Lipinski definition) is 4. The van der Waals surface area contributed by atoms with Crippen molar-refractivity contribution in [1.82, 2.24) is 4.98 Å². The Labute approximate surface area is 109 Å². The molecule has 0 spiro atoms. The fourth-order valence-corrected chi connectivity index (χ4v) is 2.37. The summed E-state index contributed by atoms with van der Waals surface area (Å²) < 4.78 is 5.53. The molecule has 0 aliphatic carbocycles. The number of nitrogens with zero attached hydrogens (tertiary/aromatic N) is 1. The van der Waals surface area contributed by atoms with Gasteiger partial charge in [-0.25, -0.2) is 4.79 Å². The SMILES string of the molecule is Cc1cc(OCCc2cccnc2)c(C(=O)O)s1. The second-order valence-corrected chi connectivity index (χ2v) is 5.07. The summed E-state index contributed by atoms with van der Waals surface area (Å²) in [6.07, 6.45) is 4.21. The highest BCUT2D eigenvalue weighted by atomic mass is 32.1. The third kappa shape index (κ3) is 3.07. The molecule has 0 saturated heterocycles. The molecule has 2 rings (SSSR count). The van der Waals surface area contributed by atoms with Gasteiger partial charge in [-0.15, -0.1) is 11.3 Å². The highest BCUT2D eigenvalue weighted by molar-refractivity contribution is 7.14. The summed E-state index contributed by atoms with van der Waals surface area (Å²) in [5.74, 6) is -0.488. The first-order valence-corrected chi connectivity index (χ1v) is 6.34. The van der Waals surface area contributed by atoms with Gasteiger partial charge in [0.15, 0.2) is 4.88 Å². The highest BCUT2D eigenvalue weighted by Gasteiger charge is 2.14. The van der Waals surface area contributed by atoms with Crippen LogP contribution in [-0.4, -0.2) is 22.7 Å². The van der Waals surface area contributed by atoms with E-state index in [4.69, 9.17) is 9.84 Å². The minimum atomic E-state index is -0.940. The van der Waals surface area contributed by atoms with Crippen LogP contribution in [0.3, 0.4) is 0 Å². The minimum Gasteiger partial charge on any atom is -0.491 e. The molecule has 1 N–H and O–H groups in total. The van der Waals surface area contributed by atoms with Gasteiger partial charge in [-0.1, -0.05) is 6.07 Å². The monoisotopic (exact) mass is 263 g/mol. The summed E-state index contributed by atoms with van der Waals surface area (Å²) in [6, 6.07) is 5.59. The quantitative estimate of drug-likeness (QED) is 0.901. The second-order valence-electron chi connectivity index (χ2n) is 3.82. The standard InChI is InChI=1S/C13H13NO3S/c1-9-7-11(12(18-9)13(15)16)17-6-4-10-3-2-5-14-8-10/h2-3,5,7-8H,4,6H2,1H3,(H,15,16). The Morgan fingerprint density at radius 3 is 3.06 bits per heavy atom. The van der Waals surface area contributed by atoms with Crippen molar-refractivity contribution < 1.29 is 14.6 Å². The lowest BCUT2D eigenvalue weighted by Gasteiger charge is -2.05. The van der Waals surface area contributed by atoms with Crippen molar-refractivity contribution in [3.8, 4) is 5.75 Å². The van der Waals surface area contributed by atoms with Crippen LogP contribution < -0.4 is 4.74 Å². The average molecular weight is 263 g/mol. The first-order valence-electron chi connectivity index (χ1n) is 5.52. The van der Waals surface area contributed by atoms with Crippen molar-refractivity contribution in [3.63, 3.8) is 0 Å². The van der Waals surface area contributed by atoms with Crippen molar-refractivity contribution in [2.24, 2.45) is 0 Å². The molecule has 5 heteroatoms. The lowest BCUT2D eigenvalue weighted by molar-refractivity contribution is 0.0698. The van der Waals surface area contributed by atoms with Crippen LogP contribution in [0.1, 0.15) is 20.1 Å². The zero-order valence-electron chi connectivity index (χ0n) is 9.92. The third-order valence-corrected chi connectivity index (χ3v) is 3.41. The van der Waals surface area contributed by atoms with Crippen LogP contribution >= 0.6 is 11.3 Å². The van der Waals surface area contributed by atoms with E-state index in [1.807, 2.05) is 19.1 Å². The van der Waals surface area contributed by atoms with Gasteiger partial charge >= 0.3 is 5.97 Å². The van der Waals surface area contributed by atoms with Crippen LogP contribution in [0.5, 0.6) is 5.75 Å². The highest BCUT2D eigenvalue weighted by Crippen LogP contribution is 2.28. The maximum Gasteiger partial charge on any atom is 0.349 e. The average Bonchev–Trinajstić information content (AvgIpc) is 2.72. The molecule has 0 saturated carbocycles. The molecule has 0 fully saturated rings. The first kappa shape index (κ1) is 12.6. The summed E-state index contributed by atoms with van der Waals surface area (Å²) in [5, 5.41) is 9.02. The Bertz CT molecular complexity index is 536. The molecule has 0 aliphatic heterocycles. The van der Waals surface area contributed by atoms with Crippen molar-refractivity contribution in [2.45, 2.75) is 13.3 Å². The van der Waals surface area contributed by atoms with Crippen molar-refractivity contribution in [2.75, 3.05) is 6.61 Å². The topological polar surface area (TPSA) is 59.4 Å². The first-order chi connectivity index (χ1) is 8.66. The van der Waals surface area contributed by atoms with Gasteiger partial charge in [-0.2, -0.15) is 0 Å². The van der Waals surface area contributed by atoms with Crippen LogP contribution in [0.25, 0.3) is 0 Å². The molecule has 0 bridgehead atoms. The number of carbonyl (C=O) groups is 1. The summed E-state index contributed by atoms with van der Waals surface area (Å²) >= 11 is 1.23. The number of aromatic carboxylic acids is 1. The van der Waals surface area contributed by atoms with Gasteiger partial charge in [0.2, 0.25) is 0 Å². The molecule has 0 amide bonds. The molecule has 0 aromatic carbocycles. The molecule has 4 nitrogen and oxygen atoms in total. The molecule has 0 aliphatic rings. The zero-order valence-corrected chi connectivity index (χ0v) is 10.7. The van der Waals surface area contributed by atoms with Crippen molar-refractivity contribution in [3.05, 3.63) is 45.9 Å². The fourth-order valence-electron chi connectivity index (χ4n) is 1.57. The summed E-state index contributed by atoms with van der Waals surface area (Å²) in [4.78, 5) is 16.2. The van der Waals surface area contributed by atoms with E-state index in [2.05, 4.69) is 4.98 Å². The Hall–Kier alpha value is -1.88. The van der Waals surface area contributed by atoms with Gasteiger partial charge in [0.25, 0.3) is 0 Å². The van der Waals surface area contributed by atoms with Crippen LogP contribution in [-0.2, 0) is 6.42 Å². The normalized spacial score (nSPS) is 10.3. The predicted molar refractivity (Wildman–Crippen MR) is 69.5 cm³/mol. The van der Waals surface area contributed by atoms with E-state index in [0.717, 1.165) is 10.4 Å². The number of aryl methyl sites for hydroxylation is 1. The van der Waals surface area contributed by atoms with Crippen LogP contribution in [0, 0.1) is 6.92 Å². The van der Waals surface area contributed by atoms with E-state index in [-0.39, 0.29) is 4.88 Å². The summed E-state index contributed by atoms with van der Waals surface area (Å²) in [6.45, 7) is 2.31. The molecular weight excluding hydrogens is 250 g/mol. The number of ether oxygens (including phenoxy) is 1. The van der Waals surface area contributed by atoms with Crippen molar-refractivity contribution >= 4 is 17.3 Å². The number of pyridine rings is 1. The number of rotatable bonds is 5. The van der Waals surface area contributed by atoms with E-state index in [1.54, 1.807) is 18.5 Å².